The summed E-state index contributed by atoms with van der Waals surface area (Å²) in [6.07, 6.45) is 4.80. The average molecular weight is 478 g/mol. The molecule has 0 unspecified atom stereocenters. The van der Waals surface area contributed by atoms with Crippen LogP contribution >= 0.6 is 15.9 Å². The van der Waals surface area contributed by atoms with Gasteiger partial charge >= 0.3 is 35.5 Å². The first-order valence-corrected chi connectivity index (χ1v) is 10.3. The molecule has 0 amide bonds. The van der Waals surface area contributed by atoms with Gasteiger partial charge in [-0.1, -0.05) is 60.1 Å². The van der Waals surface area contributed by atoms with Gasteiger partial charge in [0.1, 0.15) is 5.75 Å². The summed E-state index contributed by atoms with van der Waals surface area (Å²) in [6.45, 7) is 4.37. The molecule has 3 aromatic rings. The second-order valence-corrected chi connectivity index (χ2v) is 8.73. The number of carboxylic acids is 1. The maximum absolute atomic E-state index is 10.9. The van der Waals surface area contributed by atoms with Crippen LogP contribution in [0.2, 0.25) is 0 Å². The zero-order chi connectivity index (χ0) is 20.9. The number of ether oxygens (including phenoxy) is 1. The molecule has 30 heavy (non-hydrogen) atoms. The van der Waals surface area contributed by atoms with Crippen molar-refractivity contribution in [1.29, 1.82) is 0 Å². The van der Waals surface area contributed by atoms with Crippen LogP contribution in [0.1, 0.15) is 37.9 Å². The summed E-state index contributed by atoms with van der Waals surface area (Å²) < 4.78 is 6.85. The van der Waals surface area contributed by atoms with Crippen LogP contribution in [0.5, 0.6) is 5.75 Å². The fourth-order valence-corrected chi connectivity index (χ4v) is 3.38. The molecule has 0 radical (unpaired) electrons. The van der Waals surface area contributed by atoms with Gasteiger partial charge in [-0.25, -0.2) is 4.98 Å². The molecule has 0 saturated heterocycles. The molecule has 1 N–H and O–H groups in total. The Hall–Kier alpha value is -1.66. The molecule has 152 valence electrons. The first-order valence-electron chi connectivity index (χ1n) is 9.50. The number of carboxylic acid groups (broad SMARTS) is 1. The van der Waals surface area contributed by atoms with Gasteiger partial charge in [0.05, 0.1) is 24.2 Å². The summed E-state index contributed by atoms with van der Waals surface area (Å²) in [6, 6.07) is 18.0. The Morgan fingerprint density at radius 1 is 1.13 bits per heavy atom. The second kappa shape index (κ2) is 11.1. The van der Waals surface area contributed by atoms with E-state index in [-0.39, 0.29) is 41.4 Å². The van der Waals surface area contributed by atoms with Crippen LogP contribution in [0.15, 0.2) is 59.1 Å². The predicted molar refractivity (Wildman–Crippen MR) is 128 cm³/mol. The number of benzene rings is 2. The van der Waals surface area contributed by atoms with Gasteiger partial charge in [-0.2, -0.15) is 0 Å². The van der Waals surface area contributed by atoms with Crippen molar-refractivity contribution in [3.8, 4) is 5.75 Å². The fraction of sp³-hybridized carbons (Fsp3) is 0.250. The zero-order valence-electron chi connectivity index (χ0n) is 16.6. The summed E-state index contributed by atoms with van der Waals surface area (Å²) in [5.41, 5.74) is 2.56. The summed E-state index contributed by atoms with van der Waals surface area (Å²) >= 11 is 3.48. The van der Waals surface area contributed by atoms with Crippen molar-refractivity contribution in [1.82, 2.24) is 4.98 Å². The van der Waals surface area contributed by atoms with E-state index in [1.165, 1.54) is 0 Å². The van der Waals surface area contributed by atoms with Crippen LogP contribution in [0, 0.1) is 5.41 Å². The molecule has 6 heteroatoms. The summed E-state index contributed by atoms with van der Waals surface area (Å²) in [7, 11) is 0. The van der Waals surface area contributed by atoms with Gasteiger partial charge in [-0.15, -0.1) is 0 Å². The first kappa shape index (κ1) is 24.6. The van der Waals surface area contributed by atoms with E-state index in [0.717, 1.165) is 32.4 Å². The van der Waals surface area contributed by atoms with Crippen LogP contribution in [0.3, 0.4) is 0 Å². The molecule has 1 aromatic heterocycles. The van der Waals surface area contributed by atoms with Crippen molar-refractivity contribution in [2.24, 2.45) is 5.41 Å². The average Bonchev–Trinajstić information content (AvgIpc) is 2.65. The molecular formula is C24H25BrNNaO3. The van der Waals surface area contributed by atoms with Crippen LogP contribution < -0.4 is 4.74 Å². The van der Waals surface area contributed by atoms with Crippen molar-refractivity contribution in [2.75, 3.05) is 6.61 Å². The molecule has 0 aliphatic rings. The molecule has 0 aliphatic heterocycles. The summed E-state index contributed by atoms with van der Waals surface area (Å²) in [4.78, 5) is 15.6. The first-order chi connectivity index (χ1) is 13.8. The number of halogens is 1. The van der Waals surface area contributed by atoms with Crippen LogP contribution in [0.4, 0.5) is 0 Å². The van der Waals surface area contributed by atoms with Crippen LogP contribution in [-0.2, 0) is 4.79 Å². The van der Waals surface area contributed by atoms with Gasteiger partial charge in [0.2, 0.25) is 0 Å². The quantitative estimate of drug-likeness (QED) is 0.417. The van der Waals surface area contributed by atoms with Gasteiger partial charge in [0, 0.05) is 9.86 Å². The van der Waals surface area contributed by atoms with Crippen molar-refractivity contribution in [2.45, 2.75) is 26.7 Å². The SMILES string of the molecule is CC(C)(CCOc1cccc(C=Cc2ccc3ccc(Br)cc3n2)c1)CC(=O)O.[NaH]. The third kappa shape index (κ3) is 7.55. The molecule has 0 atom stereocenters. The van der Waals surface area contributed by atoms with Crippen molar-refractivity contribution >= 4 is 74.5 Å². The molecule has 1 heterocycles. The van der Waals surface area contributed by atoms with E-state index in [4.69, 9.17) is 9.84 Å². The molecule has 0 aliphatic carbocycles. The van der Waals surface area contributed by atoms with Crippen LogP contribution in [0.25, 0.3) is 23.1 Å². The molecule has 3 rings (SSSR count). The number of fused-ring (bicyclic) bond motifs is 1. The molecule has 4 nitrogen and oxygen atoms in total. The normalized spacial score (nSPS) is 11.4. The van der Waals surface area contributed by atoms with Crippen molar-refractivity contribution in [3.63, 3.8) is 0 Å². The number of rotatable bonds is 8. The van der Waals surface area contributed by atoms with Crippen LogP contribution in [-0.4, -0.2) is 52.2 Å². The molecule has 2 aromatic carbocycles. The van der Waals surface area contributed by atoms with Crippen molar-refractivity contribution < 1.29 is 14.6 Å². The Labute approximate surface area is 207 Å². The van der Waals surface area contributed by atoms with E-state index in [1.807, 2.05) is 74.5 Å². The number of carbonyl (C=O) groups is 1. The minimum absolute atomic E-state index is 0. The Balaban J connectivity index is 0.00000320. The monoisotopic (exact) mass is 477 g/mol. The number of hydrogen-bond donors (Lipinski definition) is 1. The number of aromatic nitrogens is 1. The third-order valence-corrected chi connectivity index (χ3v) is 5.15. The Morgan fingerprint density at radius 3 is 2.67 bits per heavy atom. The van der Waals surface area contributed by atoms with Gasteiger partial charge in [0.15, 0.2) is 0 Å². The number of nitrogens with zero attached hydrogens (tertiary/aromatic N) is 1. The minimum atomic E-state index is -0.781. The standard InChI is InChI=1S/C24H24BrNO3.Na.H/c1-24(2,16-23(27)28)12-13-29-21-5-3-4-17(14-21)6-10-20-11-8-18-7-9-19(25)15-22(18)26-20;;/h3-11,14-15H,12-13,16H2,1-2H3,(H,27,28);;. The number of hydrogen-bond acceptors (Lipinski definition) is 3. The number of aliphatic carboxylic acids is 1. The Kier molecular flexibility index (Phi) is 9.10. The van der Waals surface area contributed by atoms with Gasteiger partial charge in [0.25, 0.3) is 0 Å². The van der Waals surface area contributed by atoms with E-state index >= 15 is 0 Å². The van der Waals surface area contributed by atoms with E-state index < -0.39 is 5.97 Å². The predicted octanol–water partition coefficient (Wildman–Crippen LogP) is 5.79. The Morgan fingerprint density at radius 2 is 1.90 bits per heavy atom. The summed E-state index contributed by atoms with van der Waals surface area (Å²) in [5.74, 6) is -0.00883. The molecular weight excluding hydrogens is 453 g/mol. The van der Waals surface area contributed by atoms with Crippen molar-refractivity contribution in [3.05, 3.63) is 70.3 Å². The molecule has 0 fully saturated rings. The molecule has 0 bridgehead atoms. The van der Waals surface area contributed by atoms with E-state index in [9.17, 15) is 4.79 Å². The number of pyridine rings is 1. The topological polar surface area (TPSA) is 59.4 Å². The van der Waals surface area contributed by atoms with E-state index in [2.05, 4.69) is 27.0 Å². The van der Waals surface area contributed by atoms with Gasteiger partial charge in [-0.3, -0.25) is 4.79 Å². The summed E-state index contributed by atoms with van der Waals surface area (Å²) in [5, 5.41) is 10.1. The van der Waals surface area contributed by atoms with Gasteiger partial charge in [-0.05, 0) is 53.8 Å². The molecule has 0 spiro atoms. The molecule has 0 saturated carbocycles. The fourth-order valence-electron chi connectivity index (χ4n) is 3.03. The van der Waals surface area contributed by atoms with Gasteiger partial charge < -0.3 is 9.84 Å². The second-order valence-electron chi connectivity index (χ2n) is 7.81. The van der Waals surface area contributed by atoms with E-state index in [0.29, 0.717) is 13.0 Å². The van der Waals surface area contributed by atoms with E-state index in [1.54, 1.807) is 0 Å². The third-order valence-electron chi connectivity index (χ3n) is 4.66. The maximum atomic E-state index is 10.9. The zero-order valence-corrected chi connectivity index (χ0v) is 18.1. The Bertz CT molecular complexity index is 1050.